The molecule has 0 aromatic carbocycles. The van der Waals surface area contributed by atoms with Crippen molar-refractivity contribution in [2.24, 2.45) is 0 Å². The molecule has 9 nitrogen and oxygen atoms in total. The number of likely N-dealkylation sites (tertiary alicyclic amines) is 1. The van der Waals surface area contributed by atoms with Crippen LogP contribution in [0.4, 0.5) is 0 Å². The van der Waals surface area contributed by atoms with E-state index in [1.165, 1.54) is 6.20 Å². The molecule has 2 aromatic heterocycles. The molecule has 2 amide bonds. The maximum atomic E-state index is 12.6. The van der Waals surface area contributed by atoms with Crippen molar-refractivity contribution in [3.8, 4) is 0 Å². The molecule has 0 bridgehead atoms. The van der Waals surface area contributed by atoms with Crippen LogP contribution in [0.15, 0.2) is 36.7 Å². The molecule has 0 unspecified atom stereocenters. The van der Waals surface area contributed by atoms with Crippen LogP contribution in [0.1, 0.15) is 47.2 Å². The first-order valence-electron chi connectivity index (χ1n) is 9.78. The number of aliphatic hydroxyl groups excluding tert-OH is 1. The van der Waals surface area contributed by atoms with E-state index in [1.54, 1.807) is 35.4 Å². The number of piperidine rings is 1. The van der Waals surface area contributed by atoms with Crippen molar-refractivity contribution in [1.29, 1.82) is 0 Å². The van der Waals surface area contributed by atoms with Gasteiger partial charge in [0.05, 0.1) is 11.1 Å². The summed E-state index contributed by atoms with van der Waals surface area (Å²) in [6.45, 7) is 3.15. The van der Waals surface area contributed by atoms with Crippen molar-refractivity contribution in [1.82, 2.24) is 25.4 Å². The standard InChI is InChI=1S/C20H25N5O4/c1-19(23-16(26)14-4-2-9-21-14)8-13-29-20(18(19)28)6-11-25(12-7-20)17(27)15-5-3-10-22-24-15/h2-5,9-10,18,21,28H,6-8,11-13H2,1H3,(H,23,26)/t18-,19+/m1/s1. The number of carbonyl (C=O) groups is 2. The van der Waals surface area contributed by atoms with Gasteiger partial charge in [0.15, 0.2) is 5.69 Å². The van der Waals surface area contributed by atoms with Gasteiger partial charge in [-0.2, -0.15) is 5.10 Å². The first-order valence-corrected chi connectivity index (χ1v) is 9.78. The molecule has 0 aliphatic carbocycles. The lowest BCUT2D eigenvalue weighted by Crippen LogP contribution is -2.69. The lowest BCUT2D eigenvalue weighted by molar-refractivity contribution is -0.203. The molecule has 9 heteroatoms. The Labute approximate surface area is 168 Å². The van der Waals surface area contributed by atoms with Gasteiger partial charge in [0.2, 0.25) is 0 Å². The van der Waals surface area contributed by atoms with Crippen LogP contribution >= 0.6 is 0 Å². The SMILES string of the molecule is C[C@]1(NC(=O)c2ccc[nH]2)CCOC2(CCN(C(=O)c3cccnn3)CC2)[C@@H]1O. The van der Waals surface area contributed by atoms with Crippen LogP contribution in [0.5, 0.6) is 0 Å². The van der Waals surface area contributed by atoms with E-state index in [-0.39, 0.29) is 11.8 Å². The normalized spacial score (nSPS) is 26.3. The highest BCUT2D eigenvalue weighted by molar-refractivity contribution is 5.93. The van der Waals surface area contributed by atoms with Crippen molar-refractivity contribution >= 4 is 11.8 Å². The third-order valence-electron chi connectivity index (χ3n) is 6.04. The lowest BCUT2D eigenvalue weighted by atomic mass is 9.73. The van der Waals surface area contributed by atoms with Gasteiger partial charge in [-0.25, -0.2) is 0 Å². The summed E-state index contributed by atoms with van der Waals surface area (Å²) < 4.78 is 6.05. The number of hydrogen-bond acceptors (Lipinski definition) is 6. The molecule has 0 radical (unpaired) electrons. The zero-order valence-corrected chi connectivity index (χ0v) is 16.3. The van der Waals surface area contributed by atoms with Crippen molar-refractivity contribution in [2.75, 3.05) is 19.7 Å². The van der Waals surface area contributed by atoms with E-state index in [1.807, 2.05) is 6.92 Å². The molecule has 4 heterocycles. The van der Waals surface area contributed by atoms with Crippen molar-refractivity contribution < 1.29 is 19.4 Å². The first-order chi connectivity index (χ1) is 13.9. The molecule has 2 aromatic rings. The maximum absolute atomic E-state index is 12.6. The summed E-state index contributed by atoms with van der Waals surface area (Å²) in [7, 11) is 0. The van der Waals surface area contributed by atoms with Crippen molar-refractivity contribution in [3.63, 3.8) is 0 Å². The molecule has 2 aliphatic heterocycles. The Balaban J connectivity index is 1.44. The average molecular weight is 399 g/mol. The lowest BCUT2D eigenvalue weighted by Gasteiger charge is -2.53. The first kappa shape index (κ1) is 19.5. The third-order valence-corrected chi connectivity index (χ3v) is 6.04. The summed E-state index contributed by atoms with van der Waals surface area (Å²) in [4.78, 5) is 29.7. The number of H-pyrrole nitrogens is 1. The Morgan fingerprint density at radius 3 is 2.72 bits per heavy atom. The predicted molar refractivity (Wildman–Crippen MR) is 103 cm³/mol. The van der Waals surface area contributed by atoms with Gasteiger partial charge >= 0.3 is 0 Å². The number of carbonyl (C=O) groups excluding carboxylic acids is 2. The van der Waals surface area contributed by atoms with Gasteiger partial charge in [-0.15, -0.1) is 5.10 Å². The third kappa shape index (κ3) is 3.63. The molecule has 29 heavy (non-hydrogen) atoms. The minimum Gasteiger partial charge on any atom is -0.388 e. The Bertz CT molecular complexity index is 864. The minimum atomic E-state index is -0.892. The van der Waals surface area contributed by atoms with Crippen LogP contribution in [0, 0.1) is 0 Å². The second-order valence-corrected chi connectivity index (χ2v) is 7.92. The van der Waals surface area contributed by atoms with E-state index in [2.05, 4.69) is 20.5 Å². The van der Waals surface area contributed by atoms with Crippen LogP contribution in [0.2, 0.25) is 0 Å². The summed E-state index contributed by atoms with van der Waals surface area (Å²) >= 11 is 0. The molecule has 2 fully saturated rings. The highest BCUT2D eigenvalue weighted by atomic mass is 16.5. The Hall–Kier alpha value is -2.78. The fourth-order valence-electron chi connectivity index (χ4n) is 4.28. The molecule has 3 N–H and O–H groups in total. The zero-order chi connectivity index (χ0) is 20.5. The summed E-state index contributed by atoms with van der Waals surface area (Å²) in [6.07, 6.45) is 3.78. The summed E-state index contributed by atoms with van der Waals surface area (Å²) in [6, 6.07) is 6.76. The van der Waals surface area contributed by atoms with Crippen LogP contribution < -0.4 is 5.32 Å². The zero-order valence-electron chi connectivity index (χ0n) is 16.3. The van der Waals surface area contributed by atoms with Crippen LogP contribution in [0.25, 0.3) is 0 Å². The summed E-state index contributed by atoms with van der Waals surface area (Å²) in [5.41, 5.74) is -0.868. The van der Waals surface area contributed by atoms with E-state index >= 15 is 0 Å². The average Bonchev–Trinajstić information content (AvgIpc) is 3.28. The van der Waals surface area contributed by atoms with Gasteiger partial charge in [-0.3, -0.25) is 9.59 Å². The fourth-order valence-corrected chi connectivity index (χ4v) is 4.28. The Morgan fingerprint density at radius 2 is 2.07 bits per heavy atom. The van der Waals surface area contributed by atoms with Crippen LogP contribution in [-0.4, -0.2) is 73.9 Å². The van der Waals surface area contributed by atoms with E-state index in [0.717, 1.165) is 0 Å². The number of aromatic amines is 1. The van der Waals surface area contributed by atoms with E-state index in [0.29, 0.717) is 50.3 Å². The number of ether oxygens (including phenoxy) is 1. The molecular weight excluding hydrogens is 374 g/mol. The van der Waals surface area contributed by atoms with Crippen LogP contribution in [0.3, 0.4) is 0 Å². The molecule has 2 saturated heterocycles. The fraction of sp³-hybridized carbons (Fsp3) is 0.500. The van der Waals surface area contributed by atoms with Gasteiger partial charge in [-0.05, 0) is 50.5 Å². The van der Waals surface area contributed by atoms with Gasteiger partial charge < -0.3 is 25.0 Å². The molecule has 2 aliphatic rings. The number of aromatic nitrogens is 3. The molecule has 4 rings (SSSR count). The summed E-state index contributed by atoms with van der Waals surface area (Å²) in [5, 5.41) is 21.8. The van der Waals surface area contributed by atoms with E-state index in [4.69, 9.17) is 4.74 Å². The van der Waals surface area contributed by atoms with E-state index in [9.17, 15) is 14.7 Å². The smallest absolute Gasteiger partial charge is 0.274 e. The van der Waals surface area contributed by atoms with Crippen LogP contribution in [-0.2, 0) is 4.74 Å². The van der Waals surface area contributed by atoms with Gasteiger partial charge in [0.25, 0.3) is 11.8 Å². The Morgan fingerprint density at radius 1 is 1.28 bits per heavy atom. The number of aliphatic hydroxyl groups is 1. The van der Waals surface area contributed by atoms with Gasteiger partial charge in [-0.1, -0.05) is 0 Å². The minimum absolute atomic E-state index is 0.180. The quantitative estimate of drug-likeness (QED) is 0.700. The molecule has 154 valence electrons. The molecule has 2 atom stereocenters. The van der Waals surface area contributed by atoms with Gasteiger partial charge in [0.1, 0.15) is 11.8 Å². The highest BCUT2D eigenvalue weighted by Crippen LogP contribution is 2.40. The molecular formula is C20H25N5O4. The second kappa shape index (κ2) is 7.57. The number of hydrogen-bond donors (Lipinski definition) is 3. The highest BCUT2D eigenvalue weighted by Gasteiger charge is 2.54. The number of nitrogens with one attached hydrogen (secondary N) is 2. The molecule has 0 saturated carbocycles. The number of amides is 2. The van der Waals surface area contributed by atoms with E-state index < -0.39 is 17.2 Å². The predicted octanol–water partition coefficient (Wildman–Crippen LogP) is 0.749. The number of rotatable bonds is 3. The second-order valence-electron chi connectivity index (χ2n) is 7.92. The molecule has 1 spiro atoms. The summed E-state index contributed by atoms with van der Waals surface area (Å²) in [5.74, 6) is -0.440. The monoisotopic (exact) mass is 399 g/mol. The topological polar surface area (TPSA) is 120 Å². The number of nitrogens with zero attached hydrogens (tertiary/aromatic N) is 3. The van der Waals surface area contributed by atoms with Gasteiger partial charge in [0, 0.05) is 32.1 Å². The maximum Gasteiger partial charge on any atom is 0.274 e. The Kier molecular flexibility index (Phi) is 5.10. The van der Waals surface area contributed by atoms with Crippen molar-refractivity contribution in [2.45, 2.75) is 43.4 Å². The largest absolute Gasteiger partial charge is 0.388 e. The van der Waals surface area contributed by atoms with Crippen molar-refractivity contribution in [3.05, 3.63) is 48.0 Å².